The van der Waals surface area contributed by atoms with Gasteiger partial charge in [0.1, 0.15) is 0 Å². The summed E-state index contributed by atoms with van der Waals surface area (Å²) in [6, 6.07) is 4.02. The van der Waals surface area contributed by atoms with E-state index in [0.29, 0.717) is 12.2 Å². The molecular weight excluding hydrogens is 396 g/mol. The van der Waals surface area contributed by atoms with Crippen LogP contribution in [0.4, 0.5) is 5.69 Å². The van der Waals surface area contributed by atoms with E-state index in [9.17, 15) is 4.79 Å². The number of thiazole rings is 1. The zero-order valence-corrected chi connectivity index (χ0v) is 13.9. The summed E-state index contributed by atoms with van der Waals surface area (Å²) in [6.07, 6.45) is 0. The van der Waals surface area contributed by atoms with E-state index in [1.807, 2.05) is 19.1 Å². The first-order valence-electron chi connectivity index (χ1n) is 5.34. The Morgan fingerprint density at radius 3 is 2.58 bits per heavy atom. The normalized spacial score (nSPS) is 10.5. The number of benzene rings is 1. The molecule has 2 rings (SSSR count). The van der Waals surface area contributed by atoms with Crippen LogP contribution in [-0.4, -0.2) is 16.1 Å². The highest BCUT2D eigenvalue weighted by Gasteiger charge is 2.10. The molecule has 0 saturated heterocycles. The number of aromatic carboxylic acids is 1. The van der Waals surface area contributed by atoms with Gasteiger partial charge in [0.15, 0.2) is 0 Å². The van der Waals surface area contributed by atoms with Crippen LogP contribution < -0.4 is 5.32 Å². The Labute approximate surface area is 131 Å². The maximum absolute atomic E-state index is 10.7. The average molecular weight is 406 g/mol. The molecule has 1 heterocycles. The molecule has 0 aliphatic carbocycles. The van der Waals surface area contributed by atoms with E-state index >= 15 is 0 Å². The number of halogens is 2. The van der Waals surface area contributed by atoms with E-state index in [4.69, 9.17) is 5.11 Å². The third-order valence-corrected chi connectivity index (χ3v) is 4.50. The summed E-state index contributed by atoms with van der Waals surface area (Å²) in [7, 11) is 0. The molecule has 2 N–H and O–H groups in total. The predicted octanol–water partition coefficient (Wildman–Crippen LogP) is 4.29. The Kier molecular flexibility index (Phi) is 4.59. The number of aromatic nitrogens is 1. The van der Waals surface area contributed by atoms with Crippen molar-refractivity contribution in [2.24, 2.45) is 0 Å². The lowest BCUT2D eigenvalue weighted by atomic mass is 10.2. The molecule has 100 valence electrons. The predicted molar refractivity (Wildman–Crippen MR) is 83.0 cm³/mol. The maximum atomic E-state index is 10.7. The van der Waals surface area contributed by atoms with Crippen molar-refractivity contribution in [3.8, 4) is 0 Å². The fraction of sp³-hybridized carbons (Fsp3) is 0.167. The molecule has 0 atom stereocenters. The average Bonchev–Trinajstić information content (AvgIpc) is 2.76. The van der Waals surface area contributed by atoms with Gasteiger partial charge in [0.25, 0.3) is 0 Å². The van der Waals surface area contributed by atoms with Crippen molar-refractivity contribution in [3.05, 3.63) is 42.7 Å². The highest BCUT2D eigenvalue weighted by atomic mass is 79.9. The van der Waals surface area contributed by atoms with Crippen LogP contribution in [0.25, 0.3) is 0 Å². The van der Waals surface area contributed by atoms with Crippen molar-refractivity contribution in [2.45, 2.75) is 13.5 Å². The van der Waals surface area contributed by atoms with Gasteiger partial charge >= 0.3 is 5.97 Å². The number of nitrogens with zero attached hydrogens (tertiary/aromatic N) is 1. The summed E-state index contributed by atoms with van der Waals surface area (Å²) in [5.74, 6) is -0.992. The summed E-state index contributed by atoms with van der Waals surface area (Å²) < 4.78 is 1.90. The van der Waals surface area contributed by atoms with E-state index < -0.39 is 5.97 Å². The van der Waals surface area contributed by atoms with Crippen LogP contribution in [0.5, 0.6) is 0 Å². The van der Waals surface area contributed by atoms with E-state index in [2.05, 4.69) is 42.2 Å². The minimum Gasteiger partial charge on any atom is -0.476 e. The first-order valence-corrected chi connectivity index (χ1v) is 7.81. The van der Waals surface area contributed by atoms with Gasteiger partial charge in [-0.05, 0) is 56.5 Å². The number of carboxylic acid groups (broad SMARTS) is 1. The molecule has 0 bridgehead atoms. The van der Waals surface area contributed by atoms with Crippen molar-refractivity contribution in [1.82, 2.24) is 4.98 Å². The number of nitrogens with one attached hydrogen (secondary N) is 1. The van der Waals surface area contributed by atoms with Crippen LogP contribution in [0.1, 0.15) is 21.1 Å². The van der Waals surface area contributed by atoms with E-state index in [0.717, 1.165) is 31.5 Å². The van der Waals surface area contributed by atoms with Gasteiger partial charge in [-0.15, -0.1) is 11.3 Å². The first kappa shape index (κ1) is 14.5. The Hall–Kier alpha value is -0.920. The van der Waals surface area contributed by atoms with Crippen LogP contribution in [0.2, 0.25) is 0 Å². The molecule has 0 radical (unpaired) electrons. The molecule has 0 aliphatic rings. The van der Waals surface area contributed by atoms with Gasteiger partial charge in [-0.25, -0.2) is 9.78 Å². The quantitative estimate of drug-likeness (QED) is 0.796. The lowest BCUT2D eigenvalue weighted by molar-refractivity contribution is 0.0696. The second-order valence-electron chi connectivity index (χ2n) is 3.91. The lowest BCUT2D eigenvalue weighted by Crippen LogP contribution is -2.03. The van der Waals surface area contributed by atoms with Gasteiger partial charge < -0.3 is 10.4 Å². The number of hydrogen-bond acceptors (Lipinski definition) is 4. The largest absolute Gasteiger partial charge is 0.476 e. The van der Waals surface area contributed by atoms with Crippen LogP contribution in [0, 0.1) is 6.92 Å². The molecule has 1 aromatic carbocycles. The van der Waals surface area contributed by atoms with Crippen molar-refractivity contribution in [3.63, 3.8) is 0 Å². The molecule has 0 amide bonds. The lowest BCUT2D eigenvalue weighted by Gasteiger charge is -2.10. The second-order valence-corrected chi connectivity index (χ2v) is 6.47. The number of anilines is 1. The standard InChI is InChI=1S/C12H10Br2N2O2S/c1-6-2-8(13)10(9(14)3-6)15-4-7-5-19-11(16-7)12(17)18/h2-3,5,15H,4H2,1H3,(H,17,18). The molecule has 7 heteroatoms. The van der Waals surface area contributed by atoms with E-state index in [1.165, 1.54) is 0 Å². The number of aryl methyl sites for hydroxylation is 1. The van der Waals surface area contributed by atoms with E-state index in [-0.39, 0.29) is 5.01 Å². The van der Waals surface area contributed by atoms with Gasteiger partial charge in [-0.1, -0.05) is 0 Å². The molecular formula is C12H10Br2N2O2S. The zero-order chi connectivity index (χ0) is 14.0. The van der Waals surface area contributed by atoms with Crippen LogP contribution >= 0.6 is 43.2 Å². The fourth-order valence-corrected chi connectivity index (χ4v) is 3.88. The summed E-state index contributed by atoms with van der Waals surface area (Å²) in [4.78, 5) is 14.8. The molecule has 0 spiro atoms. The molecule has 0 unspecified atom stereocenters. The van der Waals surface area contributed by atoms with Crippen molar-refractivity contribution in [1.29, 1.82) is 0 Å². The monoisotopic (exact) mass is 404 g/mol. The Bertz CT molecular complexity index is 605. The summed E-state index contributed by atoms with van der Waals surface area (Å²) in [5, 5.41) is 13.9. The van der Waals surface area contributed by atoms with Crippen molar-refractivity contribution < 1.29 is 9.90 Å². The van der Waals surface area contributed by atoms with Crippen molar-refractivity contribution >= 4 is 54.9 Å². The third-order valence-electron chi connectivity index (χ3n) is 2.37. The molecule has 19 heavy (non-hydrogen) atoms. The summed E-state index contributed by atoms with van der Waals surface area (Å²) >= 11 is 8.12. The van der Waals surface area contributed by atoms with Gasteiger partial charge in [-0.2, -0.15) is 0 Å². The molecule has 2 aromatic rings. The van der Waals surface area contributed by atoms with Gasteiger partial charge in [0.05, 0.1) is 17.9 Å². The Morgan fingerprint density at radius 1 is 1.42 bits per heavy atom. The second kappa shape index (κ2) is 6.02. The van der Waals surface area contributed by atoms with Crippen LogP contribution in [0.15, 0.2) is 26.5 Å². The highest BCUT2D eigenvalue weighted by molar-refractivity contribution is 9.11. The van der Waals surface area contributed by atoms with Gasteiger partial charge in [-0.3, -0.25) is 0 Å². The minimum atomic E-state index is -0.992. The topological polar surface area (TPSA) is 62.2 Å². The number of hydrogen-bond donors (Lipinski definition) is 2. The molecule has 0 fully saturated rings. The summed E-state index contributed by atoms with van der Waals surface area (Å²) in [6.45, 7) is 2.49. The highest BCUT2D eigenvalue weighted by Crippen LogP contribution is 2.32. The molecule has 4 nitrogen and oxygen atoms in total. The SMILES string of the molecule is Cc1cc(Br)c(NCc2csc(C(=O)O)n2)c(Br)c1. The van der Waals surface area contributed by atoms with Crippen LogP contribution in [0.3, 0.4) is 0 Å². The maximum Gasteiger partial charge on any atom is 0.365 e. The number of carbonyl (C=O) groups is 1. The fourth-order valence-electron chi connectivity index (χ4n) is 1.53. The van der Waals surface area contributed by atoms with Crippen molar-refractivity contribution in [2.75, 3.05) is 5.32 Å². The summed E-state index contributed by atoms with van der Waals surface area (Å²) in [5.41, 5.74) is 2.78. The zero-order valence-electron chi connectivity index (χ0n) is 9.91. The van der Waals surface area contributed by atoms with E-state index in [1.54, 1.807) is 5.38 Å². The first-order chi connectivity index (χ1) is 8.97. The molecule has 0 saturated carbocycles. The minimum absolute atomic E-state index is 0.110. The number of rotatable bonds is 4. The smallest absolute Gasteiger partial charge is 0.365 e. The molecule has 1 aromatic heterocycles. The third kappa shape index (κ3) is 3.55. The van der Waals surface area contributed by atoms with Gasteiger partial charge in [0, 0.05) is 14.3 Å². The number of carboxylic acids is 1. The van der Waals surface area contributed by atoms with Gasteiger partial charge in [0.2, 0.25) is 5.01 Å². The Balaban J connectivity index is 2.12. The Morgan fingerprint density at radius 2 is 2.05 bits per heavy atom. The molecule has 0 aliphatic heterocycles. The van der Waals surface area contributed by atoms with Crippen LogP contribution in [-0.2, 0) is 6.54 Å².